The monoisotopic (exact) mass is 575 g/mol. The number of benzene rings is 2. The Bertz CT molecular complexity index is 1520. The van der Waals surface area contributed by atoms with Crippen molar-refractivity contribution in [1.29, 1.82) is 0 Å². The summed E-state index contributed by atoms with van der Waals surface area (Å²) in [5.74, 6) is -0.322. The maximum absolute atomic E-state index is 13.1. The van der Waals surface area contributed by atoms with E-state index in [0.29, 0.717) is 46.0 Å². The molecule has 1 aliphatic rings. The van der Waals surface area contributed by atoms with E-state index in [1.807, 2.05) is 0 Å². The number of halogens is 4. The number of fused-ring (bicyclic) bond motifs is 1. The van der Waals surface area contributed by atoms with E-state index < -0.39 is 23.8 Å². The second-order valence-electron chi connectivity index (χ2n) is 8.76. The van der Waals surface area contributed by atoms with E-state index in [1.165, 1.54) is 18.3 Å². The van der Waals surface area contributed by atoms with Gasteiger partial charge in [0.1, 0.15) is 11.6 Å². The van der Waals surface area contributed by atoms with Crippen molar-refractivity contribution in [3.05, 3.63) is 76.4 Å². The lowest BCUT2D eigenvalue weighted by Gasteiger charge is -2.12. The standard InChI is InChI=1S/C26H21ClF3N5O3S/c27-18-8-3-14(13-32-25(37)20-2-1-11-38-20)12-17(18)24(36)34-19-9-10-31-21-22(19)39-35-23(21)33-16-6-4-15(5-7-16)26(28,29)30/h3-10,12,20H,1-2,11,13H2,(H,32,37)(H,33,35)(H,31,34,36)/t20-/m1/s1. The molecular formula is C26H21ClF3N5O3S. The number of anilines is 3. The highest BCUT2D eigenvalue weighted by Crippen LogP contribution is 2.34. The van der Waals surface area contributed by atoms with Crippen molar-refractivity contribution in [2.24, 2.45) is 0 Å². The summed E-state index contributed by atoms with van der Waals surface area (Å²) >= 11 is 7.38. The first kappa shape index (κ1) is 26.9. The van der Waals surface area contributed by atoms with Gasteiger partial charge in [-0.2, -0.15) is 17.5 Å². The minimum absolute atomic E-state index is 0.196. The minimum atomic E-state index is -4.43. The molecule has 2 aromatic carbocycles. The third kappa shape index (κ3) is 6.13. The summed E-state index contributed by atoms with van der Waals surface area (Å²) in [5.41, 5.74) is 1.44. The van der Waals surface area contributed by atoms with Crippen LogP contribution in [0.3, 0.4) is 0 Å². The van der Waals surface area contributed by atoms with E-state index in [4.69, 9.17) is 16.3 Å². The lowest BCUT2D eigenvalue weighted by molar-refractivity contribution is -0.137. The fourth-order valence-electron chi connectivity index (χ4n) is 4.04. The Morgan fingerprint density at radius 2 is 1.92 bits per heavy atom. The highest BCUT2D eigenvalue weighted by atomic mass is 35.5. The highest BCUT2D eigenvalue weighted by Gasteiger charge is 2.30. The average molecular weight is 576 g/mol. The number of amides is 2. The van der Waals surface area contributed by atoms with Gasteiger partial charge in [-0.15, -0.1) is 0 Å². The van der Waals surface area contributed by atoms with Gasteiger partial charge in [0.15, 0.2) is 5.82 Å². The van der Waals surface area contributed by atoms with E-state index in [2.05, 4.69) is 25.3 Å². The molecule has 202 valence electrons. The second kappa shape index (κ2) is 11.2. The van der Waals surface area contributed by atoms with Gasteiger partial charge in [-0.05, 0) is 72.4 Å². The van der Waals surface area contributed by atoms with Crippen molar-refractivity contribution in [2.75, 3.05) is 17.2 Å². The minimum Gasteiger partial charge on any atom is -0.368 e. The second-order valence-corrected chi connectivity index (χ2v) is 9.94. The molecule has 13 heteroatoms. The Morgan fingerprint density at radius 1 is 1.13 bits per heavy atom. The molecule has 1 saturated heterocycles. The van der Waals surface area contributed by atoms with Crippen molar-refractivity contribution >= 4 is 62.4 Å². The Morgan fingerprint density at radius 3 is 2.64 bits per heavy atom. The number of hydrogen-bond donors (Lipinski definition) is 3. The van der Waals surface area contributed by atoms with Gasteiger partial charge in [0.05, 0.1) is 26.5 Å². The average Bonchev–Trinajstić information content (AvgIpc) is 3.59. The molecule has 0 unspecified atom stereocenters. The number of alkyl halides is 3. The number of carbonyl (C=O) groups is 2. The zero-order chi connectivity index (χ0) is 27.6. The molecule has 3 N–H and O–H groups in total. The number of carbonyl (C=O) groups excluding carboxylic acids is 2. The van der Waals surface area contributed by atoms with E-state index in [-0.39, 0.29) is 23.0 Å². The molecule has 5 rings (SSSR count). The maximum Gasteiger partial charge on any atom is 0.416 e. The van der Waals surface area contributed by atoms with Crippen LogP contribution in [0.4, 0.5) is 30.4 Å². The molecule has 39 heavy (non-hydrogen) atoms. The van der Waals surface area contributed by atoms with Crippen LogP contribution in [-0.4, -0.2) is 33.9 Å². The smallest absolute Gasteiger partial charge is 0.368 e. The molecule has 3 heterocycles. The molecule has 1 atom stereocenters. The summed E-state index contributed by atoms with van der Waals surface area (Å²) in [6, 6.07) is 11.1. The number of aromatic nitrogens is 2. The first-order valence-corrected chi connectivity index (χ1v) is 13.0. The summed E-state index contributed by atoms with van der Waals surface area (Å²) in [6.45, 7) is 0.779. The van der Waals surface area contributed by atoms with Gasteiger partial charge in [0, 0.05) is 25.0 Å². The zero-order valence-corrected chi connectivity index (χ0v) is 21.7. The summed E-state index contributed by atoms with van der Waals surface area (Å²) in [4.78, 5) is 29.7. The largest absolute Gasteiger partial charge is 0.416 e. The topological polar surface area (TPSA) is 105 Å². The van der Waals surface area contributed by atoms with Crippen LogP contribution in [0.5, 0.6) is 0 Å². The number of nitrogens with one attached hydrogen (secondary N) is 3. The molecular weight excluding hydrogens is 555 g/mol. The van der Waals surface area contributed by atoms with Gasteiger partial charge in [0.25, 0.3) is 5.91 Å². The summed E-state index contributed by atoms with van der Waals surface area (Å²) < 4.78 is 48.8. The Kier molecular flexibility index (Phi) is 7.69. The molecule has 0 spiro atoms. The number of hydrogen-bond acceptors (Lipinski definition) is 7. The lowest BCUT2D eigenvalue weighted by atomic mass is 10.1. The first-order chi connectivity index (χ1) is 18.7. The van der Waals surface area contributed by atoms with Crippen LogP contribution in [0.1, 0.15) is 34.3 Å². The maximum atomic E-state index is 13.1. The predicted molar refractivity (Wildman–Crippen MR) is 142 cm³/mol. The van der Waals surface area contributed by atoms with Crippen LogP contribution in [0.2, 0.25) is 5.02 Å². The summed E-state index contributed by atoms with van der Waals surface area (Å²) in [6.07, 6.45) is -1.87. The van der Waals surface area contributed by atoms with Crippen molar-refractivity contribution in [2.45, 2.75) is 31.7 Å². The van der Waals surface area contributed by atoms with Gasteiger partial charge < -0.3 is 20.7 Å². The van der Waals surface area contributed by atoms with Crippen molar-refractivity contribution in [3.63, 3.8) is 0 Å². The molecule has 8 nitrogen and oxygen atoms in total. The van der Waals surface area contributed by atoms with E-state index in [1.54, 1.807) is 24.3 Å². The molecule has 1 fully saturated rings. The van der Waals surface area contributed by atoms with E-state index in [0.717, 1.165) is 30.1 Å². The van der Waals surface area contributed by atoms with Crippen LogP contribution in [0, 0.1) is 0 Å². The fourth-order valence-corrected chi connectivity index (χ4v) is 5.01. The van der Waals surface area contributed by atoms with Crippen molar-refractivity contribution < 1.29 is 27.5 Å². The number of pyridine rings is 1. The van der Waals surface area contributed by atoms with Crippen LogP contribution < -0.4 is 16.0 Å². The van der Waals surface area contributed by atoms with E-state index in [9.17, 15) is 22.8 Å². The van der Waals surface area contributed by atoms with E-state index >= 15 is 0 Å². The van der Waals surface area contributed by atoms with Gasteiger partial charge in [-0.1, -0.05) is 17.7 Å². The molecule has 0 saturated carbocycles. The summed E-state index contributed by atoms with van der Waals surface area (Å²) in [5, 5.41) is 8.85. The van der Waals surface area contributed by atoms with Gasteiger partial charge in [0.2, 0.25) is 5.91 Å². The Hall–Kier alpha value is -3.74. The van der Waals surface area contributed by atoms with Gasteiger partial charge >= 0.3 is 6.18 Å². The number of nitrogens with zero attached hydrogens (tertiary/aromatic N) is 2. The fraction of sp³-hybridized carbons (Fsp3) is 0.231. The van der Waals surface area contributed by atoms with Crippen LogP contribution in [0.15, 0.2) is 54.7 Å². The molecule has 0 bridgehead atoms. The van der Waals surface area contributed by atoms with Gasteiger partial charge in [-0.3, -0.25) is 14.6 Å². The molecule has 1 aliphatic heterocycles. The highest BCUT2D eigenvalue weighted by molar-refractivity contribution is 7.14. The number of ether oxygens (including phenoxy) is 1. The SMILES string of the molecule is O=C(Nc1ccnc2c(Nc3ccc(C(F)(F)F)cc3)nsc12)c1cc(CNC(=O)[C@H]2CCCO2)ccc1Cl. The number of rotatable bonds is 7. The Balaban J connectivity index is 1.30. The Labute approximate surface area is 229 Å². The molecule has 2 amide bonds. The van der Waals surface area contributed by atoms with Crippen LogP contribution in [-0.2, 0) is 22.3 Å². The van der Waals surface area contributed by atoms with Crippen LogP contribution >= 0.6 is 23.1 Å². The quantitative estimate of drug-likeness (QED) is 0.244. The predicted octanol–water partition coefficient (Wildman–Crippen LogP) is 6.15. The molecule has 0 radical (unpaired) electrons. The molecule has 2 aromatic heterocycles. The molecule has 4 aromatic rings. The zero-order valence-electron chi connectivity index (χ0n) is 20.1. The first-order valence-electron chi connectivity index (χ1n) is 11.9. The summed E-state index contributed by atoms with van der Waals surface area (Å²) in [7, 11) is 0. The normalized spacial score (nSPS) is 15.3. The third-order valence-electron chi connectivity index (χ3n) is 6.04. The lowest BCUT2D eigenvalue weighted by Crippen LogP contribution is -2.33. The third-order valence-corrected chi connectivity index (χ3v) is 7.24. The van der Waals surface area contributed by atoms with Crippen molar-refractivity contribution in [1.82, 2.24) is 14.7 Å². The molecule has 0 aliphatic carbocycles. The van der Waals surface area contributed by atoms with Gasteiger partial charge in [-0.25, -0.2) is 0 Å². The van der Waals surface area contributed by atoms with Crippen LogP contribution in [0.25, 0.3) is 10.2 Å². The van der Waals surface area contributed by atoms with Crippen molar-refractivity contribution in [3.8, 4) is 0 Å².